The van der Waals surface area contributed by atoms with Crippen LogP contribution in [0.25, 0.3) is 5.65 Å². The number of nitriles is 1. The minimum absolute atomic E-state index is 0.246. The first-order chi connectivity index (χ1) is 9.76. The van der Waals surface area contributed by atoms with Crippen LogP contribution in [0.15, 0.2) is 42.6 Å². The van der Waals surface area contributed by atoms with Crippen LogP contribution in [0.4, 0.5) is 0 Å². The summed E-state index contributed by atoms with van der Waals surface area (Å²) in [5.74, 6) is 1.28. The number of fused-ring (bicyclic) bond motifs is 1. The monoisotopic (exact) mass is 284 g/mol. The largest absolute Gasteiger partial charge is 0.486 e. The number of hydrogen-bond donors (Lipinski definition) is 0. The van der Waals surface area contributed by atoms with E-state index in [-0.39, 0.29) is 6.61 Å². The molecule has 6 heteroatoms. The molecule has 5 nitrogen and oxygen atoms in total. The zero-order valence-electron chi connectivity index (χ0n) is 10.3. The maximum atomic E-state index is 8.91. The van der Waals surface area contributed by atoms with E-state index in [1.807, 2.05) is 12.1 Å². The van der Waals surface area contributed by atoms with Crippen molar-refractivity contribution in [3.8, 4) is 11.8 Å². The van der Waals surface area contributed by atoms with E-state index < -0.39 is 0 Å². The van der Waals surface area contributed by atoms with Crippen LogP contribution < -0.4 is 4.74 Å². The van der Waals surface area contributed by atoms with Gasteiger partial charge in [-0.1, -0.05) is 17.7 Å². The summed E-state index contributed by atoms with van der Waals surface area (Å²) in [5.41, 5.74) is 1.22. The molecule has 3 aromatic rings. The van der Waals surface area contributed by atoms with Crippen LogP contribution >= 0.6 is 11.6 Å². The van der Waals surface area contributed by atoms with E-state index in [2.05, 4.69) is 16.3 Å². The summed E-state index contributed by atoms with van der Waals surface area (Å²) in [5, 5.41) is 17.6. The normalized spacial score (nSPS) is 10.4. The lowest BCUT2D eigenvalue weighted by molar-refractivity contribution is 0.294. The summed E-state index contributed by atoms with van der Waals surface area (Å²) in [7, 11) is 0. The van der Waals surface area contributed by atoms with Crippen LogP contribution in [0.2, 0.25) is 5.02 Å². The highest BCUT2D eigenvalue weighted by Gasteiger charge is 2.07. The summed E-state index contributed by atoms with van der Waals surface area (Å²) in [6, 6.07) is 12.7. The average molecular weight is 285 g/mol. The van der Waals surface area contributed by atoms with Gasteiger partial charge in [-0.05, 0) is 30.3 Å². The molecule has 3 rings (SSSR count). The second-order valence-corrected chi connectivity index (χ2v) is 4.56. The molecule has 0 unspecified atom stereocenters. The molecule has 0 aliphatic rings. The van der Waals surface area contributed by atoms with E-state index in [9.17, 15) is 0 Å². The highest BCUT2D eigenvalue weighted by Crippen LogP contribution is 2.18. The van der Waals surface area contributed by atoms with Crippen molar-refractivity contribution in [3.63, 3.8) is 0 Å². The van der Waals surface area contributed by atoms with E-state index in [1.165, 1.54) is 0 Å². The molecule has 0 fully saturated rings. The van der Waals surface area contributed by atoms with Crippen LogP contribution in [0.5, 0.6) is 5.75 Å². The Morgan fingerprint density at radius 3 is 2.95 bits per heavy atom. The molecule has 0 amide bonds. The first-order valence-corrected chi connectivity index (χ1v) is 6.26. The number of rotatable bonds is 3. The second kappa shape index (κ2) is 5.19. The number of benzene rings is 1. The Kier molecular flexibility index (Phi) is 3.23. The summed E-state index contributed by atoms with van der Waals surface area (Å²) < 4.78 is 7.36. The van der Waals surface area contributed by atoms with Gasteiger partial charge in [0.1, 0.15) is 18.4 Å². The fourth-order valence-electron chi connectivity index (χ4n) is 1.81. The Balaban J connectivity index is 1.86. The lowest BCUT2D eigenvalue weighted by Gasteiger charge is -2.05. The summed E-state index contributed by atoms with van der Waals surface area (Å²) in [4.78, 5) is 0. The lowest BCUT2D eigenvalue weighted by Crippen LogP contribution is -2.01. The van der Waals surface area contributed by atoms with Crippen LogP contribution in [0.3, 0.4) is 0 Å². The number of halogens is 1. The fourth-order valence-corrected chi connectivity index (χ4v) is 1.99. The molecule has 0 atom stereocenters. The van der Waals surface area contributed by atoms with Gasteiger partial charge in [0.15, 0.2) is 11.5 Å². The van der Waals surface area contributed by atoms with Crippen molar-refractivity contribution in [2.75, 3.05) is 0 Å². The van der Waals surface area contributed by atoms with Gasteiger partial charge in [0, 0.05) is 11.2 Å². The number of ether oxygens (including phenoxy) is 1. The topological polar surface area (TPSA) is 63.2 Å². The predicted molar refractivity (Wildman–Crippen MR) is 73.5 cm³/mol. The third-order valence-corrected chi connectivity index (χ3v) is 3.00. The van der Waals surface area contributed by atoms with Gasteiger partial charge in [-0.3, -0.25) is 4.40 Å². The first-order valence-electron chi connectivity index (χ1n) is 5.88. The molecule has 0 aliphatic carbocycles. The average Bonchev–Trinajstić information content (AvgIpc) is 2.87. The third kappa shape index (κ3) is 2.42. The number of nitrogens with zero attached hydrogens (tertiary/aromatic N) is 4. The van der Waals surface area contributed by atoms with E-state index in [0.29, 0.717) is 27.8 Å². The van der Waals surface area contributed by atoms with E-state index in [0.717, 1.165) is 0 Å². The Morgan fingerprint density at radius 2 is 2.15 bits per heavy atom. The van der Waals surface area contributed by atoms with Crippen molar-refractivity contribution in [2.24, 2.45) is 0 Å². The second-order valence-electron chi connectivity index (χ2n) is 4.12. The molecule has 0 radical (unpaired) electrons. The van der Waals surface area contributed by atoms with Gasteiger partial charge in [0.25, 0.3) is 0 Å². The van der Waals surface area contributed by atoms with Gasteiger partial charge in [-0.2, -0.15) is 5.26 Å². The standard InChI is InChI=1S/C14H9ClN4O/c15-11-2-1-3-12(6-11)20-9-14-18-17-13-5-4-10(7-16)8-19(13)14/h1-6,8H,9H2. The molecule has 1 aromatic carbocycles. The van der Waals surface area contributed by atoms with Gasteiger partial charge < -0.3 is 4.74 Å². The molecule has 0 aliphatic heterocycles. The van der Waals surface area contributed by atoms with Gasteiger partial charge in [0.2, 0.25) is 0 Å². The van der Waals surface area contributed by atoms with E-state index >= 15 is 0 Å². The Bertz CT molecular complexity index is 806. The number of hydrogen-bond acceptors (Lipinski definition) is 4. The molecule has 2 heterocycles. The van der Waals surface area contributed by atoms with Crippen molar-refractivity contribution >= 4 is 17.2 Å². The van der Waals surface area contributed by atoms with Gasteiger partial charge in [-0.25, -0.2) is 0 Å². The van der Waals surface area contributed by atoms with Crippen molar-refractivity contribution in [1.82, 2.24) is 14.6 Å². The number of aromatic nitrogens is 3. The molecule has 98 valence electrons. The molecule has 0 N–H and O–H groups in total. The maximum absolute atomic E-state index is 8.91. The van der Waals surface area contributed by atoms with Gasteiger partial charge >= 0.3 is 0 Å². The predicted octanol–water partition coefficient (Wildman–Crippen LogP) is 2.83. The zero-order valence-corrected chi connectivity index (χ0v) is 11.1. The molecule has 20 heavy (non-hydrogen) atoms. The van der Waals surface area contributed by atoms with Gasteiger partial charge in [-0.15, -0.1) is 10.2 Å². The summed E-state index contributed by atoms with van der Waals surface area (Å²) >= 11 is 5.89. The van der Waals surface area contributed by atoms with Crippen LogP contribution in [-0.2, 0) is 6.61 Å². The fraction of sp³-hybridized carbons (Fsp3) is 0.0714. The van der Waals surface area contributed by atoms with Crippen LogP contribution in [0.1, 0.15) is 11.4 Å². The van der Waals surface area contributed by atoms with Crippen molar-refractivity contribution in [3.05, 3.63) is 59.0 Å². The lowest BCUT2D eigenvalue weighted by atomic mass is 10.3. The third-order valence-electron chi connectivity index (χ3n) is 2.77. The molecule has 0 bridgehead atoms. The molecular formula is C14H9ClN4O. The van der Waals surface area contributed by atoms with Crippen LogP contribution in [-0.4, -0.2) is 14.6 Å². The quantitative estimate of drug-likeness (QED) is 0.742. The van der Waals surface area contributed by atoms with Gasteiger partial charge in [0.05, 0.1) is 5.56 Å². The molecule has 0 saturated carbocycles. The Hall–Kier alpha value is -2.58. The zero-order chi connectivity index (χ0) is 13.9. The molecular weight excluding hydrogens is 276 g/mol. The highest BCUT2D eigenvalue weighted by molar-refractivity contribution is 6.30. The smallest absolute Gasteiger partial charge is 0.175 e. The molecule has 0 saturated heterocycles. The molecule has 0 spiro atoms. The van der Waals surface area contributed by atoms with Crippen molar-refractivity contribution in [1.29, 1.82) is 5.26 Å². The summed E-state index contributed by atoms with van der Waals surface area (Å²) in [6.07, 6.45) is 1.69. The minimum atomic E-state index is 0.246. The van der Waals surface area contributed by atoms with E-state index in [4.69, 9.17) is 21.6 Å². The SMILES string of the molecule is N#Cc1ccc2nnc(COc3cccc(Cl)c3)n2c1. The van der Waals surface area contributed by atoms with E-state index in [1.54, 1.807) is 34.9 Å². The minimum Gasteiger partial charge on any atom is -0.486 e. The molecule has 2 aromatic heterocycles. The van der Waals surface area contributed by atoms with Crippen molar-refractivity contribution < 1.29 is 4.74 Å². The Morgan fingerprint density at radius 1 is 1.25 bits per heavy atom. The highest BCUT2D eigenvalue weighted by atomic mass is 35.5. The Labute approximate surface area is 120 Å². The summed E-state index contributed by atoms with van der Waals surface area (Å²) in [6.45, 7) is 0.246. The first kappa shape index (κ1) is 12.5. The maximum Gasteiger partial charge on any atom is 0.175 e. The number of pyridine rings is 1. The van der Waals surface area contributed by atoms with Crippen LogP contribution in [0, 0.1) is 11.3 Å². The van der Waals surface area contributed by atoms with Crippen molar-refractivity contribution in [2.45, 2.75) is 6.61 Å².